The Hall–Kier alpha value is -3.80. The molecule has 0 saturated carbocycles. The van der Waals surface area contributed by atoms with Crippen molar-refractivity contribution in [3.63, 3.8) is 0 Å². The van der Waals surface area contributed by atoms with Crippen LogP contribution in [0.1, 0.15) is 38.5 Å². The number of amides is 3. The number of aliphatic imine (C=N–C) groups is 2. The summed E-state index contributed by atoms with van der Waals surface area (Å²) in [6.07, 6.45) is 1.89. The molecule has 0 radical (unpaired) electrons. The van der Waals surface area contributed by atoms with Gasteiger partial charge in [-0.1, -0.05) is 0 Å². The van der Waals surface area contributed by atoms with Crippen molar-refractivity contribution >= 4 is 53.3 Å². The lowest BCUT2D eigenvalue weighted by atomic mass is 10.1. The lowest BCUT2D eigenvalue weighted by Crippen LogP contribution is -2.57. The number of carbonyl (C=O) groups is 5. The zero-order valence-corrected chi connectivity index (χ0v) is 22.6. The van der Waals surface area contributed by atoms with Crippen LogP contribution >= 0.6 is 11.8 Å². The lowest BCUT2D eigenvalue weighted by Gasteiger charge is -2.25. The van der Waals surface area contributed by atoms with Crippen LogP contribution in [-0.2, 0) is 24.0 Å². The van der Waals surface area contributed by atoms with E-state index in [-0.39, 0.29) is 50.7 Å². The summed E-state index contributed by atoms with van der Waals surface area (Å²) < 4.78 is 0. The van der Waals surface area contributed by atoms with E-state index in [2.05, 4.69) is 25.9 Å². The highest BCUT2D eigenvalue weighted by atomic mass is 32.2. The Labute approximate surface area is 230 Å². The molecule has 0 bridgehead atoms. The summed E-state index contributed by atoms with van der Waals surface area (Å²) >= 11 is 1.50. The van der Waals surface area contributed by atoms with Gasteiger partial charge in [0.25, 0.3) is 0 Å². The van der Waals surface area contributed by atoms with Gasteiger partial charge in [0.1, 0.15) is 18.1 Å². The van der Waals surface area contributed by atoms with E-state index >= 15 is 0 Å². The minimum absolute atomic E-state index is 0.0321. The van der Waals surface area contributed by atoms with E-state index in [4.69, 9.17) is 33.8 Å². The van der Waals surface area contributed by atoms with Gasteiger partial charge < -0.3 is 54.8 Å². The topological polar surface area (TPSA) is 317 Å². The fourth-order valence-electron chi connectivity index (χ4n) is 3.12. The highest BCUT2D eigenvalue weighted by Crippen LogP contribution is 2.06. The van der Waals surface area contributed by atoms with E-state index in [9.17, 15) is 29.1 Å². The van der Waals surface area contributed by atoms with Gasteiger partial charge in [0.2, 0.25) is 17.7 Å². The molecule has 4 atom stereocenters. The fraction of sp³-hybridized carbons (Fsp3) is 0.667. The first-order valence-corrected chi connectivity index (χ1v) is 13.4. The summed E-state index contributed by atoms with van der Waals surface area (Å²) in [7, 11) is 0. The Morgan fingerprint density at radius 1 is 0.744 bits per heavy atom. The predicted molar refractivity (Wildman–Crippen MR) is 146 cm³/mol. The van der Waals surface area contributed by atoms with E-state index in [1.54, 1.807) is 0 Å². The molecule has 222 valence electrons. The minimum Gasteiger partial charge on any atom is -0.481 e. The zero-order chi connectivity index (χ0) is 30.0. The van der Waals surface area contributed by atoms with Crippen LogP contribution in [0.5, 0.6) is 0 Å². The first kappa shape index (κ1) is 35.2. The van der Waals surface area contributed by atoms with Crippen molar-refractivity contribution in [2.24, 2.45) is 38.7 Å². The van der Waals surface area contributed by atoms with E-state index in [1.165, 1.54) is 11.8 Å². The summed E-state index contributed by atoms with van der Waals surface area (Å²) in [6, 6.07) is -5.05. The van der Waals surface area contributed by atoms with Crippen LogP contribution in [0.2, 0.25) is 0 Å². The van der Waals surface area contributed by atoms with Gasteiger partial charge in [0, 0.05) is 13.1 Å². The maximum absolute atomic E-state index is 13.2. The molecule has 0 aromatic heterocycles. The summed E-state index contributed by atoms with van der Waals surface area (Å²) in [5.74, 6) is -5.00. The monoisotopic (exact) mass is 576 g/mol. The molecule has 0 aromatic carbocycles. The molecule has 17 nitrogen and oxygen atoms in total. The highest BCUT2D eigenvalue weighted by Gasteiger charge is 2.30. The van der Waals surface area contributed by atoms with Gasteiger partial charge in [0.15, 0.2) is 11.9 Å². The van der Waals surface area contributed by atoms with Gasteiger partial charge in [-0.25, -0.2) is 4.79 Å². The number of carboxylic acids is 2. The SMILES string of the molecule is CSCCC(N)C(=O)NC(CCCN=C(N)N)C(=O)NC(CCCN=C(N)N)C(=O)NC(CC(=O)O)C(=O)O. The minimum atomic E-state index is -1.74. The molecule has 4 unspecified atom stereocenters. The van der Waals surface area contributed by atoms with Crippen LogP contribution in [0, 0.1) is 0 Å². The fourth-order valence-corrected chi connectivity index (χ4v) is 3.61. The number of nitrogens with two attached hydrogens (primary N) is 5. The molecule has 0 rings (SSSR count). The summed E-state index contributed by atoms with van der Waals surface area (Å²) in [6.45, 7) is 0.265. The largest absolute Gasteiger partial charge is 0.481 e. The number of guanidine groups is 2. The Morgan fingerprint density at radius 3 is 1.56 bits per heavy atom. The van der Waals surface area contributed by atoms with Gasteiger partial charge >= 0.3 is 11.9 Å². The second-order valence-corrected chi connectivity index (χ2v) is 9.39. The standard InChI is InChI=1S/C21H40N10O7S/c1-39-9-6-11(22)16(34)29-12(4-2-7-27-20(23)24)17(35)30-13(5-3-8-28-21(25)26)18(36)31-14(19(37)38)10-15(32)33/h11-14H,2-10,22H2,1H3,(H,29,34)(H,30,35)(H,31,36)(H,32,33)(H,37,38)(H4,23,24,27)(H4,25,26,28). The highest BCUT2D eigenvalue weighted by molar-refractivity contribution is 7.98. The lowest BCUT2D eigenvalue weighted by molar-refractivity contribution is -0.147. The Balaban J connectivity index is 5.75. The number of hydrogen-bond donors (Lipinski definition) is 10. The van der Waals surface area contributed by atoms with Gasteiger partial charge in [-0.2, -0.15) is 11.8 Å². The molecule has 0 spiro atoms. The van der Waals surface area contributed by atoms with E-state index in [0.29, 0.717) is 12.2 Å². The summed E-state index contributed by atoms with van der Waals surface area (Å²) in [4.78, 5) is 68.7. The first-order valence-electron chi connectivity index (χ1n) is 12.0. The van der Waals surface area contributed by atoms with Crippen molar-refractivity contribution in [1.29, 1.82) is 0 Å². The van der Waals surface area contributed by atoms with Crippen LogP contribution in [0.3, 0.4) is 0 Å². The molecule has 15 N–H and O–H groups in total. The van der Waals surface area contributed by atoms with Crippen LogP contribution in [0.4, 0.5) is 0 Å². The molecule has 0 aliphatic carbocycles. The smallest absolute Gasteiger partial charge is 0.326 e. The average Bonchev–Trinajstić information content (AvgIpc) is 2.84. The van der Waals surface area contributed by atoms with E-state index in [0.717, 1.165) is 0 Å². The normalized spacial score (nSPS) is 13.6. The van der Waals surface area contributed by atoms with Crippen LogP contribution in [0.25, 0.3) is 0 Å². The van der Waals surface area contributed by atoms with Crippen molar-refractivity contribution < 1.29 is 34.2 Å². The van der Waals surface area contributed by atoms with E-state index in [1.807, 2.05) is 6.26 Å². The maximum atomic E-state index is 13.2. The molecule has 0 fully saturated rings. The number of thioether (sulfide) groups is 1. The van der Waals surface area contributed by atoms with Crippen molar-refractivity contribution in [3.05, 3.63) is 0 Å². The third-order valence-corrected chi connectivity index (χ3v) is 5.76. The maximum Gasteiger partial charge on any atom is 0.326 e. The van der Waals surface area contributed by atoms with Crippen molar-refractivity contribution in [3.8, 4) is 0 Å². The molecule has 0 saturated heterocycles. The number of nitrogens with zero attached hydrogens (tertiary/aromatic N) is 2. The second kappa shape index (κ2) is 19.3. The Kier molecular flexibility index (Phi) is 17.4. The van der Waals surface area contributed by atoms with Crippen molar-refractivity contribution in [2.75, 3.05) is 25.1 Å². The summed E-state index contributed by atoms with van der Waals surface area (Å²) in [5, 5.41) is 25.4. The van der Waals surface area contributed by atoms with Gasteiger partial charge in [0.05, 0.1) is 12.5 Å². The number of carboxylic acid groups (broad SMARTS) is 2. The van der Waals surface area contributed by atoms with Gasteiger partial charge in [-0.3, -0.25) is 29.2 Å². The van der Waals surface area contributed by atoms with Crippen molar-refractivity contribution in [2.45, 2.75) is 62.7 Å². The molecule has 0 aliphatic rings. The van der Waals surface area contributed by atoms with Crippen molar-refractivity contribution in [1.82, 2.24) is 16.0 Å². The first-order chi connectivity index (χ1) is 18.3. The molecule has 0 aromatic rings. The van der Waals surface area contributed by atoms with Gasteiger partial charge in [-0.15, -0.1) is 0 Å². The molecule has 3 amide bonds. The Morgan fingerprint density at radius 2 is 1.18 bits per heavy atom. The number of nitrogens with one attached hydrogen (secondary N) is 3. The predicted octanol–water partition coefficient (Wildman–Crippen LogP) is -3.81. The molecule has 0 heterocycles. The third kappa shape index (κ3) is 16.6. The van der Waals surface area contributed by atoms with Crippen LogP contribution in [-0.4, -0.2) is 101 Å². The molecular weight excluding hydrogens is 536 g/mol. The number of hydrogen-bond acceptors (Lipinski definition) is 9. The molecule has 39 heavy (non-hydrogen) atoms. The molecule has 0 aliphatic heterocycles. The number of carbonyl (C=O) groups excluding carboxylic acids is 3. The van der Waals surface area contributed by atoms with Crippen LogP contribution in [0.15, 0.2) is 9.98 Å². The van der Waals surface area contributed by atoms with E-state index < -0.39 is 60.2 Å². The number of aliphatic carboxylic acids is 2. The number of rotatable bonds is 20. The summed E-state index contributed by atoms with van der Waals surface area (Å²) in [5.41, 5.74) is 27.1. The average molecular weight is 577 g/mol. The van der Waals surface area contributed by atoms with Crippen LogP contribution < -0.4 is 44.6 Å². The quantitative estimate of drug-likeness (QED) is 0.0378. The van der Waals surface area contributed by atoms with Gasteiger partial charge in [-0.05, 0) is 44.1 Å². The zero-order valence-electron chi connectivity index (χ0n) is 21.8. The second-order valence-electron chi connectivity index (χ2n) is 8.41. The Bertz CT molecular complexity index is 894. The molecule has 18 heteroatoms. The third-order valence-electron chi connectivity index (χ3n) is 5.12. The molecular formula is C21H40N10O7S.